The van der Waals surface area contributed by atoms with E-state index in [0.29, 0.717) is 17.7 Å². The largest absolute Gasteiger partial charge is 0.497 e. The third-order valence-electron chi connectivity index (χ3n) is 6.28. The first-order valence-corrected chi connectivity index (χ1v) is 13.0. The second kappa shape index (κ2) is 8.72. The molecule has 10 nitrogen and oxygen atoms in total. The minimum Gasteiger partial charge on any atom is -0.497 e. The number of fused-ring (bicyclic) bond motifs is 1. The molecule has 0 radical (unpaired) electrons. The van der Waals surface area contributed by atoms with Crippen LogP contribution in [0.3, 0.4) is 0 Å². The van der Waals surface area contributed by atoms with E-state index in [9.17, 15) is 13.6 Å². The van der Waals surface area contributed by atoms with Crippen LogP contribution >= 0.6 is 0 Å². The van der Waals surface area contributed by atoms with Crippen LogP contribution in [0.15, 0.2) is 35.6 Å². The highest BCUT2D eigenvalue weighted by molar-refractivity contribution is 7.90. The van der Waals surface area contributed by atoms with E-state index in [1.807, 2.05) is 39.8 Å². The van der Waals surface area contributed by atoms with Gasteiger partial charge < -0.3 is 24.2 Å². The summed E-state index contributed by atoms with van der Waals surface area (Å²) in [4.78, 5) is 8.29. The van der Waals surface area contributed by atoms with E-state index in [4.69, 9.17) is 18.9 Å². The van der Waals surface area contributed by atoms with E-state index in [0.717, 1.165) is 11.8 Å². The van der Waals surface area contributed by atoms with Gasteiger partial charge in [-0.05, 0) is 44.9 Å². The molecule has 0 bridgehead atoms. The monoisotopic (exact) mass is 493 g/mol. The van der Waals surface area contributed by atoms with Gasteiger partial charge in [-0.2, -0.15) is 10.0 Å². The SMILES string of the molecule is CC[C@@H]1[C@H]2OC(C)(C)O[C@@]2(C)[C@H](c2cnc(S(C)(=O)=O)nc2OCc2ccc(OC)cc2)N1O. The Kier molecular flexibility index (Phi) is 6.36. The summed E-state index contributed by atoms with van der Waals surface area (Å²) >= 11 is 0. The average molecular weight is 494 g/mol. The van der Waals surface area contributed by atoms with E-state index >= 15 is 0 Å². The van der Waals surface area contributed by atoms with Crippen molar-refractivity contribution in [2.75, 3.05) is 13.4 Å². The normalized spacial score (nSPS) is 28.6. The number of rotatable bonds is 7. The predicted molar refractivity (Wildman–Crippen MR) is 121 cm³/mol. The fraction of sp³-hybridized carbons (Fsp3) is 0.565. The molecule has 2 aliphatic rings. The predicted octanol–water partition coefficient (Wildman–Crippen LogP) is 2.90. The van der Waals surface area contributed by atoms with Gasteiger partial charge in [0.25, 0.3) is 0 Å². The Labute approximate surface area is 199 Å². The van der Waals surface area contributed by atoms with Crippen molar-refractivity contribution in [3.63, 3.8) is 0 Å². The molecule has 2 fully saturated rings. The van der Waals surface area contributed by atoms with Gasteiger partial charge in [0.2, 0.25) is 20.9 Å². The number of benzene rings is 1. The number of methoxy groups -OCH3 is 1. The van der Waals surface area contributed by atoms with Crippen molar-refractivity contribution in [1.82, 2.24) is 15.0 Å². The van der Waals surface area contributed by atoms with E-state index in [-0.39, 0.29) is 23.7 Å². The molecule has 2 aromatic rings. The molecule has 0 saturated carbocycles. The van der Waals surface area contributed by atoms with Gasteiger partial charge in [0.05, 0.1) is 24.8 Å². The van der Waals surface area contributed by atoms with Crippen LogP contribution < -0.4 is 9.47 Å². The molecule has 0 amide bonds. The summed E-state index contributed by atoms with van der Waals surface area (Å²) in [5.41, 5.74) is 0.288. The highest BCUT2D eigenvalue weighted by Crippen LogP contribution is 2.55. The number of nitrogens with zero attached hydrogens (tertiary/aromatic N) is 3. The van der Waals surface area contributed by atoms with Gasteiger partial charge in [-0.1, -0.05) is 19.1 Å². The molecule has 3 heterocycles. The highest BCUT2D eigenvalue weighted by atomic mass is 32.2. The van der Waals surface area contributed by atoms with Crippen molar-refractivity contribution in [2.24, 2.45) is 0 Å². The first kappa shape index (κ1) is 24.8. The third-order valence-corrected chi connectivity index (χ3v) is 7.14. The molecule has 4 rings (SSSR count). The molecule has 2 saturated heterocycles. The Hall–Kier alpha value is -2.31. The number of aromatic nitrogens is 2. The molecule has 4 atom stereocenters. The topological polar surface area (TPSA) is 120 Å². The Morgan fingerprint density at radius 3 is 2.47 bits per heavy atom. The second-order valence-corrected chi connectivity index (χ2v) is 11.2. The van der Waals surface area contributed by atoms with E-state index in [2.05, 4.69) is 9.97 Å². The van der Waals surface area contributed by atoms with Crippen molar-refractivity contribution in [3.05, 3.63) is 41.6 Å². The smallest absolute Gasteiger partial charge is 0.250 e. The average Bonchev–Trinajstić information content (AvgIpc) is 3.12. The lowest BCUT2D eigenvalue weighted by Gasteiger charge is -2.33. The summed E-state index contributed by atoms with van der Waals surface area (Å²) in [5.74, 6) is -0.0945. The molecule has 34 heavy (non-hydrogen) atoms. The number of hydroxylamine groups is 2. The second-order valence-electron chi connectivity index (χ2n) is 9.30. The van der Waals surface area contributed by atoms with Gasteiger partial charge in [0.15, 0.2) is 5.79 Å². The summed E-state index contributed by atoms with van der Waals surface area (Å²) in [5, 5.41) is 12.0. The Morgan fingerprint density at radius 2 is 1.88 bits per heavy atom. The van der Waals surface area contributed by atoms with E-state index in [1.165, 1.54) is 11.3 Å². The van der Waals surface area contributed by atoms with Gasteiger partial charge in [-0.3, -0.25) is 0 Å². The van der Waals surface area contributed by atoms with Crippen LogP contribution in [0.1, 0.15) is 51.3 Å². The molecular formula is C23H31N3O7S. The van der Waals surface area contributed by atoms with Crippen molar-refractivity contribution in [3.8, 4) is 11.6 Å². The zero-order valence-corrected chi connectivity index (χ0v) is 21.0. The minimum absolute atomic E-state index is 0.0559. The number of sulfone groups is 1. The lowest BCUT2D eigenvalue weighted by atomic mass is 9.89. The number of ether oxygens (including phenoxy) is 4. The van der Waals surface area contributed by atoms with E-state index < -0.39 is 33.4 Å². The van der Waals surface area contributed by atoms with Crippen LogP contribution in [0.25, 0.3) is 0 Å². The summed E-state index contributed by atoms with van der Waals surface area (Å²) < 4.78 is 48.0. The lowest BCUT2D eigenvalue weighted by Crippen LogP contribution is -2.40. The Morgan fingerprint density at radius 1 is 1.21 bits per heavy atom. The standard InChI is InChI=1S/C23H31N3O7S/c1-7-17-19-23(4,33-22(2,3)32-19)18(26(17)27)16-12-24-21(34(6,28)29)25-20(16)31-13-14-8-10-15(30-5)11-9-14/h8-12,17-19,27H,7,13H2,1-6H3/t17-,18+,19-,23+/m1/s1. The number of hydrogen-bond acceptors (Lipinski definition) is 10. The third kappa shape index (κ3) is 4.38. The first-order chi connectivity index (χ1) is 15.9. The Bertz CT molecular complexity index is 1160. The fourth-order valence-corrected chi connectivity index (χ4v) is 5.36. The van der Waals surface area contributed by atoms with E-state index in [1.54, 1.807) is 19.2 Å². The summed E-state index contributed by atoms with van der Waals surface area (Å²) in [7, 11) is -2.10. The Balaban J connectivity index is 1.75. The van der Waals surface area contributed by atoms with Gasteiger partial charge in [0, 0.05) is 12.5 Å². The summed E-state index contributed by atoms with van der Waals surface area (Å²) in [6.45, 7) is 7.60. The van der Waals surface area contributed by atoms with Gasteiger partial charge in [-0.25, -0.2) is 13.4 Å². The molecule has 1 aromatic heterocycles. The highest BCUT2D eigenvalue weighted by Gasteiger charge is 2.66. The molecule has 2 aliphatic heterocycles. The van der Waals surface area contributed by atoms with Crippen LogP contribution in [0.4, 0.5) is 0 Å². The van der Waals surface area contributed by atoms with Crippen molar-refractivity contribution < 1.29 is 32.6 Å². The van der Waals surface area contributed by atoms with Crippen LogP contribution in [0.5, 0.6) is 11.6 Å². The quantitative estimate of drug-likeness (QED) is 0.576. The molecule has 1 aromatic carbocycles. The van der Waals surface area contributed by atoms with Crippen molar-refractivity contribution in [2.45, 2.75) is 75.5 Å². The van der Waals surface area contributed by atoms with Gasteiger partial charge in [0.1, 0.15) is 24.1 Å². The van der Waals surface area contributed by atoms with Crippen molar-refractivity contribution >= 4 is 9.84 Å². The van der Waals surface area contributed by atoms with Crippen LogP contribution in [0, 0.1) is 0 Å². The number of hydrogen-bond donors (Lipinski definition) is 1. The van der Waals surface area contributed by atoms with Gasteiger partial charge >= 0.3 is 0 Å². The van der Waals surface area contributed by atoms with Gasteiger partial charge in [-0.15, -0.1) is 0 Å². The maximum atomic E-state index is 12.2. The molecule has 186 valence electrons. The maximum absolute atomic E-state index is 12.2. The van der Waals surface area contributed by atoms with Crippen LogP contribution in [-0.4, -0.2) is 65.6 Å². The fourth-order valence-electron chi connectivity index (χ4n) is 4.87. The molecule has 11 heteroatoms. The summed E-state index contributed by atoms with van der Waals surface area (Å²) in [6, 6.07) is 6.19. The summed E-state index contributed by atoms with van der Waals surface area (Å²) in [6.07, 6.45) is 2.60. The lowest BCUT2D eigenvalue weighted by molar-refractivity contribution is -0.230. The molecule has 0 unspecified atom stereocenters. The molecular weight excluding hydrogens is 462 g/mol. The van der Waals surface area contributed by atoms with Crippen LogP contribution in [-0.2, 0) is 25.9 Å². The molecule has 0 aliphatic carbocycles. The maximum Gasteiger partial charge on any atom is 0.250 e. The minimum atomic E-state index is -3.69. The zero-order valence-electron chi connectivity index (χ0n) is 20.2. The first-order valence-electron chi connectivity index (χ1n) is 11.1. The molecule has 1 N–H and O–H groups in total. The van der Waals surface area contributed by atoms with Crippen molar-refractivity contribution in [1.29, 1.82) is 0 Å². The van der Waals surface area contributed by atoms with Crippen LogP contribution in [0.2, 0.25) is 0 Å². The zero-order chi connectivity index (χ0) is 24.9. The molecule has 0 spiro atoms.